The summed E-state index contributed by atoms with van der Waals surface area (Å²) in [5, 5.41) is 29.8. The van der Waals surface area contributed by atoms with Gasteiger partial charge in [-0.3, -0.25) is 4.79 Å². The molecule has 0 spiro atoms. The molecule has 1 aliphatic rings. The van der Waals surface area contributed by atoms with Gasteiger partial charge in [0.15, 0.2) is 0 Å². The van der Waals surface area contributed by atoms with Crippen LogP contribution in [0.3, 0.4) is 0 Å². The zero-order valence-corrected chi connectivity index (χ0v) is 18.8. The number of fused-ring (bicyclic) bond motifs is 1. The van der Waals surface area contributed by atoms with Crippen molar-refractivity contribution in [1.82, 2.24) is 30.1 Å². The van der Waals surface area contributed by atoms with E-state index in [9.17, 15) is 14.9 Å². The predicted molar refractivity (Wildman–Crippen MR) is 127 cm³/mol. The number of carbonyl (C=O) groups is 2. The molecule has 3 amide bonds. The quantitative estimate of drug-likeness (QED) is 0.413. The van der Waals surface area contributed by atoms with Crippen molar-refractivity contribution >= 4 is 34.2 Å². The average molecular weight is 471 g/mol. The predicted octanol–water partition coefficient (Wildman–Crippen LogP) is 2.35. The number of aromatic amines is 1. The molecule has 12 heteroatoms. The van der Waals surface area contributed by atoms with E-state index >= 15 is 0 Å². The van der Waals surface area contributed by atoms with E-state index in [0.717, 1.165) is 10.9 Å². The minimum Gasteiger partial charge on any atom is -0.378 e. The van der Waals surface area contributed by atoms with Gasteiger partial charge in [0.1, 0.15) is 5.69 Å². The van der Waals surface area contributed by atoms with E-state index in [1.54, 1.807) is 46.8 Å². The summed E-state index contributed by atoms with van der Waals surface area (Å²) in [7, 11) is 1.76. The Hall–Kier alpha value is -4.76. The Kier molecular flexibility index (Phi) is 5.82. The van der Waals surface area contributed by atoms with Crippen LogP contribution in [0.5, 0.6) is 0 Å². The molecule has 4 aromatic rings. The monoisotopic (exact) mass is 471 g/mol. The number of hydrogen-bond acceptors (Lipinski definition) is 7. The summed E-state index contributed by atoms with van der Waals surface area (Å²) >= 11 is 0. The lowest BCUT2D eigenvalue weighted by Crippen LogP contribution is -2.43. The maximum Gasteiger partial charge on any atom is 0.322 e. The Bertz CT molecular complexity index is 1450. The summed E-state index contributed by atoms with van der Waals surface area (Å²) in [5.74, 6) is -0.119. The number of para-hydroxylation sites is 1. The number of amides is 3. The lowest BCUT2D eigenvalue weighted by Gasteiger charge is -2.27. The smallest absolute Gasteiger partial charge is 0.322 e. The topological polar surface area (TPSA) is 154 Å². The van der Waals surface area contributed by atoms with E-state index in [-0.39, 0.29) is 17.8 Å². The highest BCUT2D eigenvalue weighted by atomic mass is 16.5. The number of H-pyrrole nitrogens is 1. The van der Waals surface area contributed by atoms with Gasteiger partial charge in [0.05, 0.1) is 41.7 Å². The number of rotatable bonds is 4. The minimum atomic E-state index is -0.372. The number of aromatic nitrogens is 5. The highest BCUT2D eigenvalue weighted by Gasteiger charge is 2.21. The van der Waals surface area contributed by atoms with Gasteiger partial charge in [0, 0.05) is 31.1 Å². The molecule has 1 fully saturated rings. The highest BCUT2D eigenvalue weighted by molar-refractivity contribution is 6.10. The normalized spacial score (nSPS) is 13.4. The zero-order valence-electron chi connectivity index (χ0n) is 18.8. The summed E-state index contributed by atoms with van der Waals surface area (Å²) in [6.07, 6.45) is 0. The Morgan fingerprint density at radius 1 is 1.11 bits per heavy atom. The van der Waals surface area contributed by atoms with Crippen LogP contribution in [-0.4, -0.2) is 68.3 Å². The standard InChI is InChI=1S/C23H21N9O3/c1-31-19(22(33)25-17-6-5-14(13-24)11-16(17)21-27-29-30-28-21)12-15-3-2-4-18(20(15)31)26-23(34)32-7-9-35-10-8-32/h2-6,11-12H,7-10H2,1H3,(H,25,33)(H,26,34)(H,27,28,29,30). The van der Waals surface area contributed by atoms with Crippen LogP contribution in [0.1, 0.15) is 16.1 Å². The van der Waals surface area contributed by atoms with Crippen LogP contribution < -0.4 is 10.6 Å². The van der Waals surface area contributed by atoms with Gasteiger partial charge in [-0.15, -0.1) is 10.2 Å². The van der Waals surface area contributed by atoms with Crippen molar-refractivity contribution in [3.05, 3.63) is 53.7 Å². The molecule has 5 rings (SSSR count). The Morgan fingerprint density at radius 2 is 1.94 bits per heavy atom. The van der Waals surface area contributed by atoms with Crippen LogP contribution in [0.4, 0.5) is 16.2 Å². The van der Waals surface area contributed by atoms with Crippen molar-refractivity contribution in [1.29, 1.82) is 5.26 Å². The second-order valence-corrected chi connectivity index (χ2v) is 7.92. The Balaban J connectivity index is 1.45. The highest BCUT2D eigenvalue weighted by Crippen LogP contribution is 2.29. The lowest BCUT2D eigenvalue weighted by molar-refractivity contribution is 0.0565. The van der Waals surface area contributed by atoms with Gasteiger partial charge in [-0.2, -0.15) is 10.5 Å². The Labute approximate surface area is 199 Å². The second-order valence-electron chi connectivity index (χ2n) is 7.92. The summed E-state index contributed by atoms with van der Waals surface area (Å²) in [6, 6.07) is 13.9. The second kappa shape index (κ2) is 9.24. The third kappa shape index (κ3) is 4.28. The first-order valence-corrected chi connectivity index (χ1v) is 10.9. The maximum atomic E-state index is 13.3. The summed E-state index contributed by atoms with van der Waals surface area (Å²) in [5.41, 5.74) is 3.00. The first-order chi connectivity index (χ1) is 17.0. The molecule has 2 aromatic heterocycles. The minimum absolute atomic E-state index is 0.213. The number of hydrogen-bond donors (Lipinski definition) is 3. The van der Waals surface area contributed by atoms with Crippen LogP contribution in [0.2, 0.25) is 0 Å². The van der Waals surface area contributed by atoms with Crippen LogP contribution in [0.15, 0.2) is 42.5 Å². The summed E-state index contributed by atoms with van der Waals surface area (Å²) in [6.45, 7) is 2.06. The van der Waals surface area contributed by atoms with Gasteiger partial charge < -0.3 is 24.8 Å². The van der Waals surface area contributed by atoms with Crippen molar-refractivity contribution in [3.63, 3.8) is 0 Å². The van der Waals surface area contributed by atoms with E-state index in [4.69, 9.17) is 4.74 Å². The summed E-state index contributed by atoms with van der Waals surface area (Å²) < 4.78 is 7.05. The zero-order chi connectivity index (χ0) is 24.4. The molecule has 0 saturated carbocycles. The molecule has 3 heterocycles. The van der Waals surface area contributed by atoms with Crippen molar-refractivity contribution in [2.24, 2.45) is 7.05 Å². The molecule has 35 heavy (non-hydrogen) atoms. The first kappa shape index (κ1) is 22.1. The van der Waals surface area contributed by atoms with Gasteiger partial charge in [-0.1, -0.05) is 12.1 Å². The number of ether oxygens (including phenoxy) is 1. The van der Waals surface area contributed by atoms with Crippen molar-refractivity contribution in [2.75, 3.05) is 36.9 Å². The van der Waals surface area contributed by atoms with E-state index in [1.807, 2.05) is 12.1 Å². The molecule has 1 aliphatic heterocycles. The molecule has 3 N–H and O–H groups in total. The number of carbonyl (C=O) groups excluding carboxylic acids is 2. The fraction of sp³-hybridized carbons (Fsp3) is 0.217. The number of urea groups is 1. The van der Waals surface area contributed by atoms with Crippen molar-refractivity contribution in [3.8, 4) is 17.5 Å². The molecule has 0 unspecified atom stereocenters. The largest absolute Gasteiger partial charge is 0.378 e. The van der Waals surface area contributed by atoms with Crippen LogP contribution >= 0.6 is 0 Å². The molecule has 0 atom stereocenters. The van der Waals surface area contributed by atoms with E-state index in [2.05, 4.69) is 37.3 Å². The maximum absolute atomic E-state index is 13.3. The number of benzene rings is 2. The molecule has 176 valence electrons. The fourth-order valence-corrected chi connectivity index (χ4v) is 4.07. The molecule has 2 aromatic carbocycles. The average Bonchev–Trinajstić information content (AvgIpc) is 3.54. The molecule has 1 saturated heterocycles. The van der Waals surface area contributed by atoms with Crippen molar-refractivity contribution in [2.45, 2.75) is 0 Å². The van der Waals surface area contributed by atoms with Gasteiger partial charge in [0.25, 0.3) is 5.91 Å². The number of aryl methyl sites for hydroxylation is 1. The molecular weight excluding hydrogens is 450 g/mol. The number of nitrogens with one attached hydrogen (secondary N) is 3. The summed E-state index contributed by atoms with van der Waals surface area (Å²) in [4.78, 5) is 27.7. The lowest BCUT2D eigenvalue weighted by atomic mass is 10.1. The number of nitrogens with zero attached hydrogens (tertiary/aromatic N) is 6. The Morgan fingerprint density at radius 3 is 2.69 bits per heavy atom. The first-order valence-electron chi connectivity index (χ1n) is 10.9. The third-order valence-corrected chi connectivity index (χ3v) is 5.81. The molecule has 0 aliphatic carbocycles. The van der Waals surface area contributed by atoms with Gasteiger partial charge >= 0.3 is 6.03 Å². The fourth-order valence-electron chi connectivity index (χ4n) is 4.07. The van der Waals surface area contributed by atoms with E-state index in [0.29, 0.717) is 54.5 Å². The van der Waals surface area contributed by atoms with Crippen LogP contribution in [0.25, 0.3) is 22.3 Å². The number of anilines is 2. The third-order valence-electron chi connectivity index (χ3n) is 5.81. The van der Waals surface area contributed by atoms with Crippen molar-refractivity contribution < 1.29 is 14.3 Å². The number of morpholine rings is 1. The number of nitriles is 1. The van der Waals surface area contributed by atoms with E-state index in [1.165, 1.54) is 0 Å². The van der Waals surface area contributed by atoms with Crippen LogP contribution in [-0.2, 0) is 11.8 Å². The van der Waals surface area contributed by atoms with Gasteiger partial charge in [-0.25, -0.2) is 4.79 Å². The number of tetrazole rings is 1. The molecule has 12 nitrogen and oxygen atoms in total. The van der Waals surface area contributed by atoms with Gasteiger partial charge in [-0.05, 0) is 35.5 Å². The molecule has 0 bridgehead atoms. The van der Waals surface area contributed by atoms with Crippen LogP contribution in [0, 0.1) is 11.3 Å². The SMILES string of the molecule is Cn1c(C(=O)Nc2ccc(C#N)cc2-c2nn[nH]n2)cc2cccc(NC(=O)N3CCOCC3)c21. The molecule has 0 radical (unpaired) electrons. The molecular formula is C23H21N9O3. The van der Waals surface area contributed by atoms with E-state index < -0.39 is 0 Å². The van der Waals surface area contributed by atoms with Gasteiger partial charge in [0.2, 0.25) is 5.82 Å².